The van der Waals surface area contributed by atoms with Gasteiger partial charge in [0.1, 0.15) is 12.4 Å². The molecular formula is C22H17Cl2NO2. The summed E-state index contributed by atoms with van der Waals surface area (Å²) in [6.45, 7) is 0.488. The molecule has 27 heavy (non-hydrogen) atoms. The number of benzene rings is 3. The van der Waals surface area contributed by atoms with E-state index in [4.69, 9.17) is 27.9 Å². The van der Waals surface area contributed by atoms with Crippen molar-refractivity contribution in [1.29, 1.82) is 0 Å². The second-order valence-corrected chi connectivity index (χ2v) is 6.56. The maximum Gasteiger partial charge on any atom is 0.248 e. The molecule has 1 amide bonds. The topological polar surface area (TPSA) is 38.3 Å². The molecule has 0 fully saturated rings. The Bertz CT molecular complexity index is 956. The number of rotatable bonds is 6. The standard InChI is InChI=1S/C22H17Cl2NO2/c23-19-10-5-11-20(22(19)24)25-21(26)13-12-16-8-4-9-18(14-16)27-15-17-6-2-1-3-7-17/h1-14H,15H2,(H,25,26)/b13-12+. The van der Waals surface area contributed by atoms with E-state index >= 15 is 0 Å². The van der Waals surface area contributed by atoms with Crippen LogP contribution in [0.2, 0.25) is 10.0 Å². The SMILES string of the molecule is O=C(/C=C/c1cccc(OCc2ccccc2)c1)Nc1cccc(Cl)c1Cl. The molecule has 5 heteroatoms. The molecule has 0 saturated heterocycles. The van der Waals surface area contributed by atoms with Crippen molar-refractivity contribution in [3.05, 3.63) is 100 Å². The summed E-state index contributed by atoms with van der Waals surface area (Å²) >= 11 is 12.0. The van der Waals surface area contributed by atoms with Crippen LogP contribution >= 0.6 is 23.2 Å². The summed E-state index contributed by atoms with van der Waals surface area (Å²) in [6, 6.07) is 22.5. The summed E-state index contributed by atoms with van der Waals surface area (Å²) in [7, 11) is 0. The predicted octanol–water partition coefficient (Wildman–Crippen LogP) is 6.22. The van der Waals surface area contributed by atoms with Gasteiger partial charge in [-0.2, -0.15) is 0 Å². The normalized spacial score (nSPS) is 10.7. The predicted molar refractivity (Wildman–Crippen MR) is 111 cm³/mol. The number of ether oxygens (including phenoxy) is 1. The largest absolute Gasteiger partial charge is 0.489 e. The monoisotopic (exact) mass is 397 g/mol. The number of anilines is 1. The fourth-order valence-electron chi connectivity index (χ4n) is 2.40. The molecule has 0 heterocycles. The smallest absolute Gasteiger partial charge is 0.248 e. The van der Waals surface area contributed by atoms with Gasteiger partial charge in [-0.25, -0.2) is 0 Å². The molecule has 136 valence electrons. The van der Waals surface area contributed by atoms with Crippen molar-refractivity contribution < 1.29 is 9.53 Å². The fourth-order valence-corrected chi connectivity index (χ4v) is 2.74. The lowest BCUT2D eigenvalue weighted by molar-refractivity contribution is -0.111. The van der Waals surface area contributed by atoms with E-state index in [9.17, 15) is 4.79 Å². The third-order valence-corrected chi connectivity index (χ3v) is 4.56. The number of amides is 1. The van der Waals surface area contributed by atoms with Gasteiger partial charge in [-0.1, -0.05) is 71.7 Å². The van der Waals surface area contributed by atoms with Gasteiger partial charge in [0.2, 0.25) is 5.91 Å². The zero-order chi connectivity index (χ0) is 19.1. The maximum absolute atomic E-state index is 12.1. The Kier molecular flexibility index (Phi) is 6.53. The van der Waals surface area contributed by atoms with Crippen LogP contribution in [-0.4, -0.2) is 5.91 Å². The molecule has 0 aliphatic heterocycles. The van der Waals surface area contributed by atoms with Gasteiger partial charge in [0.05, 0.1) is 15.7 Å². The van der Waals surface area contributed by atoms with Gasteiger partial charge >= 0.3 is 0 Å². The van der Waals surface area contributed by atoms with Gasteiger partial charge in [-0.3, -0.25) is 4.79 Å². The first kappa shape index (κ1) is 19.0. The second-order valence-electron chi connectivity index (χ2n) is 5.77. The van der Waals surface area contributed by atoms with Crippen molar-refractivity contribution in [3.63, 3.8) is 0 Å². The molecule has 1 N–H and O–H groups in total. The molecule has 0 radical (unpaired) electrons. The Balaban J connectivity index is 1.61. The molecule has 0 aliphatic rings. The lowest BCUT2D eigenvalue weighted by Crippen LogP contribution is -2.08. The van der Waals surface area contributed by atoms with Crippen LogP contribution in [0.25, 0.3) is 6.08 Å². The zero-order valence-corrected chi connectivity index (χ0v) is 15.9. The van der Waals surface area contributed by atoms with Gasteiger partial charge in [0, 0.05) is 6.08 Å². The Labute approximate surface area is 168 Å². The molecule has 3 nitrogen and oxygen atoms in total. The molecule has 0 aliphatic carbocycles. The van der Waals surface area contributed by atoms with Crippen LogP contribution < -0.4 is 10.1 Å². The highest BCUT2D eigenvalue weighted by Gasteiger charge is 2.06. The summed E-state index contributed by atoms with van der Waals surface area (Å²) in [5, 5.41) is 3.42. The van der Waals surface area contributed by atoms with E-state index in [0.29, 0.717) is 22.3 Å². The van der Waals surface area contributed by atoms with Crippen molar-refractivity contribution in [2.45, 2.75) is 6.61 Å². The Morgan fingerprint density at radius 2 is 1.74 bits per heavy atom. The molecule has 0 bridgehead atoms. The highest BCUT2D eigenvalue weighted by Crippen LogP contribution is 2.29. The van der Waals surface area contributed by atoms with Crippen molar-refractivity contribution >= 4 is 40.9 Å². The zero-order valence-electron chi connectivity index (χ0n) is 14.4. The van der Waals surface area contributed by atoms with Crippen LogP contribution in [0.1, 0.15) is 11.1 Å². The van der Waals surface area contributed by atoms with E-state index in [0.717, 1.165) is 16.9 Å². The van der Waals surface area contributed by atoms with Crippen LogP contribution in [0.4, 0.5) is 5.69 Å². The number of halogens is 2. The van der Waals surface area contributed by atoms with Gasteiger partial charge in [-0.15, -0.1) is 0 Å². The summed E-state index contributed by atoms with van der Waals surface area (Å²) in [5.41, 5.74) is 2.42. The quantitative estimate of drug-likeness (QED) is 0.501. The van der Waals surface area contributed by atoms with Gasteiger partial charge in [0.15, 0.2) is 0 Å². The second kappa shape index (κ2) is 9.26. The van der Waals surface area contributed by atoms with Gasteiger partial charge < -0.3 is 10.1 Å². The summed E-state index contributed by atoms with van der Waals surface area (Å²) in [6.07, 6.45) is 3.15. The van der Waals surface area contributed by atoms with Crippen LogP contribution in [0.15, 0.2) is 78.9 Å². The van der Waals surface area contributed by atoms with E-state index in [1.807, 2.05) is 54.6 Å². The van der Waals surface area contributed by atoms with Crippen LogP contribution in [0.5, 0.6) is 5.75 Å². The van der Waals surface area contributed by atoms with E-state index < -0.39 is 0 Å². The minimum absolute atomic E-state index is 0.297. The molecule has 0 atom stereocenters. The number of carbonyl (C=O) groups is 1. The molecule has 3 aromatic rings. The third-order valence-electron chi connectivity index (χ3n) is 3.74. The van der Waals surface area contributed by atoms with Gasteiger partial charge in [0.25, 0.3) is 0 Å². The van der Waals surface area contributed by atoms with Gasteiger partial charge in [-0.05, 0) is 41.5 Å². The molecule has 3 aromatic carbocycles. The highest BCUT2D eigenvalue weighted by atomic mass is 35.5. The lowest BCUT2D eigenvalue weighted by atomic mass is 10.2. The number of carbonyl (C=O) groups excluding carboxylic acids is 1. The lowest BCUT2D eigenvalue weighted by Gasteiger charge is -2.07. The number of hydrogen-bond donors (Lipinski definition) is 1. The van der Waals surface area contributed by atoms with Crippen molar-refractivity contribution in [3.8, 4) is 5.75 Å². The molecular weight excluding hydrogens is 381 g/mol. The molecule has 0 unspecified atom stereocenters. The first-order valence-corrected chi connectivity index (χ1v) is 9.07. The number of hydrogen-bond acceptors (Lipinski definition) is 2. The first-order chi connectivity index (χ1) is 13.1. The summed E-state index contributed by atoms with van der Waals surface area (Å²) < 4.78 is 5.80. The minimum atomic E-state index is -0.297. The van der Waals surface area contributed by atoms with E-state index in [1.165, 1.54) is 6.08 Å². The van der Waals surface area contributed by atoms with Crippen molar-refractivity contribution in [2.24, 2.45) is 0 Å². The average molecular weight is 398 g/mol. The Hall–Kier alpha value is -2.75. The van der Waals surface area contributed by atoms with Crippen LogP contribution in [0.3, 0.4) is 0 Å². The molecule has 0 spiro atoms. The average Bonchev–Trinajstić information content (AvgIpc) is 2.69. The van der Waals surface area contributed by atoms with E-state index in [-0.39, 0.29) is 5.91 Å². The highest BCUT2D eigenvalue weighted by molar-refractivity contribution is 6.44. The molecule has 0 aromatic heterocycles. The molecule has 3 rings (SSSR count). The van der Waals surface area contributed by atoms with Crippen molar-refractivity contribution in [2.75, 3.05) is 5.32 Å². The van der Waals surface area contributed by atoms with E-state index in [2.05, 4.69) is 5.32 Å². The molecule has 0 saturated carbocycles. The maximum atomic E-state index is 12.1. The first-order valence-electron chi connectivity index (χ1n) is 8.32. The summed E-state index contributed by atoms with van der Waals surface area (Å²) in [4.78, 5) is 12.1. The van der Waals surface area contributed by atoms with Crippen LogP contribution in [0, 0.1) is 0 Å². The fraction of sp³-hybridized carbons (Fsp3) is 0.0455. The third kappa shape index (κ3) is 5.61. The Morgan fingerprint density at radius 1 is 0.963 bits per heavy atom. The van der Waals surface area contributed by atoms with E-state index in [1.54, 1.807) is 24.3 Å². The Morgan fingerprint density at radius 3 is 2.56 bits per heavy atom. The summed E-state index contributed by atoms with van der Waals surface area (Å²) in [5.74, 6) is 0.439. The minimum Gasteiger partial charge on any atom is -0.489 e. The van der Waals surface area contributed by atoms with Crippen LogP contribution in [-0.2, 0) is 11.4 Å². The number of nitrogens with one attached hydrogen (secondary N) is 1. The van der Waals surface area contributed by atoms with Crippen molar-refractivity contribution in [1.82, 2.24) is 0 Å².